The van der Waals surface area contributed by atoms with E-state index in [0.29, 0.717) is 28.4 Å². The number of rotatable bonds is 5. The minimum Gasteiger partial charge on any atom is -0.462 e. The summed E-state index contributed by atoms with van der Waals surface area (Å²) in [5, 5.41) is 3.13. The van der Waals surface area contributed by atoms with Crippen LogP contribution in [0, 0.1) is 12.8 Å². The maximum absolute atomic E-state index is 12.8. The van der Waals surface area contributed by atoms with Crippen molar-refractivity contribution in [2.75, 3.05) is 31.6 Å². The molecule has 2 rings (SSSR count). The number of carbonyl (C=O) groups is 2. The molecule has 1 fully saturated rings. The van der Waals surface area contributed by atoms with Gasteiger partial charge in [-0.3, -0.25) is 9.69 Å². The first kappa shape index (κ1) is 19.7. The zero-order chi connectivity index (χ0) is 18.6. The van der Waals surface area contributed by atoms with E-state index in [-0.39, 0.29) is 32.0 Å². The number of alkyl halides is 3. The van der Waals surface area contributed by atoms with Gasteiger partial charge < -0.3 is 10.1 Å². The van der Waals surface area contributed by atoms with E-state index in [9.17, 15) is 22.8 Å². The number of amides is 1. The largest absolute Gasteiger partial charge is 0.462 e. The number of nitrogens with one attached hydrogen (secondary N) is 1. The normalized spacial score (nSPS) is 18.8. The molecule has 1 aromatic heterocycles. The predicted octanol–water partition coefficient (Wildman–Crippen LogP) is 3.45. The van der Waals surface area contributed by atoms with Crippen LogP contribution >= 0.6 is 11.3 Å². The summed E-state index contributed by atoms with van der Waals surface area (Å²) < 4.78 is 43.4. The Labute approximate surface area is 148 Å². The summed E-state index contributed by atoms with van der Waals surface area (Å²) in [6.07, 6.45) is -3.70. The third-order valence-electron chi connectivity index (χ3n) is 3.98. The number of esters is 1. The first-order valence-electron chi connectivity index (χ1n) is 8.07. The number of anilines is 1. The number of thiophene rings is 1. The van der Waals surface area contributed by atoms with Gasteiger partial charge in [0.05, 0.1) is 24.1 Å². The SMILES string of the molecule is CCOC(=O)c1sc(NC(=O)CN2CCC[C@H](C(F)(F)F)C2)cc1C. The molecule has 0 aromatic carbocycles. The molecule has 1 aromatic rings. The minimum absolute atomic E-state index is 0.0989. The molecule has 0 radical (unpaired) electrons. The fourth-order valence-electron chi connectivity index (χ4n) is 2.79. The van der Waals surface area contributed by atoms with Crippen molar-refractivity contribution in [2.45, 2.75) is 32.9 Å². The Morgan fingerprint density at radius 1 is 1.44 bits per heavy atom. The fraction of sp³-hybridized carbons (Fsp3) is 0.625. The second-order valence-corrected chi connectivity index (χ2v) is 7.06. The Morgan fingerprint density at radius 3 is 2.80 bits per heavy atom. The second kappa shape index (κ2) is 8.18. The van der Waals surface area contributed by atoms with Crippen molar-refractivity contribution in [3.8, 4) is 0 Å². The van der Waals surface area contributed by atoms with E-state index in [2.05, 4.69) is 5.32 Å². The average Bonchev–Trinajstić information content (AvgIpc) is 2.87. The topological polar surface area (TPSA) is 58.6 Å². The standard InChI is InChI=1S/C16H21F3N2O3S/c1-3-24-15(23)14-10(2)7-13(25-14)20-12(22)9-21-6-4-5-11(8-21)16(17,18)19/h7,11H,3-6,8-9H2,1-2H3,(H,20,22)/t11-/m0/s1. The Balaban J connectivity index is 1.92. The molecule has 1 N–H and O–H groups in total. The molecule has 0 aliphatic carbocycles. The van der Waals surface area contributed by atoms with Gasteiger partial charge in [0.15, 0.2) is 0 Å². The summed E-state index contributed by atoms with van der Waals surface area (Å²) in [6.45, 7) is 3.91. The van der Waals surface area contributed by atoms with E-state index in [1.54, 1.807) is 19.9 Å². The minimum atomic E-state index is -4.23. The molecule has 140 valence electrons. The van der Waals surface area contributed by atoms with E-state index in [0.717, 1.165) is 11.3 Å². The molecule has 1 atom stereocenters. The zero-order valence-corrected chi connectivity index (χ0v) is 14.9. The van der Waals surface area contributed by atoms with Crippen LogP contribution in [0.5, 0.6) is 0 Å². The molecule has 5 nitrogen and oxygen atoms in total. The van der Waals surface area contributed by atoms with Crippen molar-refractivity contribution in [1.29, 1.82) is 0 Å². The molecule has 1 amide bonds. The quantitative estimate of drug-likeness (QED) is 0.798. The highest BCUT2D eigenvalue weighted by molar-refractivity contribution is 7.18. The van der Waals surface area contributed by atoms with Gasteiger partial charge in [-0.15, -0.1) is 11.3 Å². The van der Waals surface area contributed by atoms with Gasteiger partial charge >= 0.3 is 12.1 Å². The van der Waals surface area contributed by atoms with E-state index < -0.39 is 18.1 Å². The number of hydrogen-bond acceptors (Lipinski definition) is 5. The Bertz CT molecular complexity index is 631. The molecule has 2 heterocycles. The smallest absolute Gasteiger partial charge is 0.393 e. The van der Waals surface area contributed by atoms with Crippen molar-refractivity contribution < 1.29 is 27.5 Å². The number of carbonyl (C=O) groups excluding carboxylic acids is 2. The van der Waals surface area contributed by atoms with E-state index in [4.69, 9.17) is 4.74 Å². The van der Waals surface area contributed by atoms with Gasteiger partial charge in [-0.2, -0.15) is 13.2 Å². The maximum atomic E-state index is 12.8. The maximum Gasteiger partial charge on any atom is 0.393 e. The second-order valence-electron chi connectivity index (χ2n) is 6.01. The van der Waals surface area contributed by atoms with Gasteiger partial charge in [-0.05, 0) is 44.9 Å². The third-order valence-corrected chi connectivity index (χ3v) is 5.11. The molecule has 9 heteroatoms. The first-order chi connectivity index (χ1) is 11.7. The number of likely N-dealkylation sites (tertiary alicyclic amines) is 1. The van der Waals surface area contributed by atoms with Crippen LogP contribution in [0.2, 0.25) is 0 Å². The number of halogens is 3. The van der Waals surface area contributed by atoms with Crippen LogP contribution in [0.4, 0.5) is 18.2 Å². The molecule has 1 aliphatic rings. The lowest BCUT2D eigenvalue weighted by atomic mass is 9.97. The molecule has 1 aliphatic heterocycles. The van der Waals surface area contributed by atoms with Crippen LogP contribution in [-0.2, 0) is 9.53 Å². The molecule has 1 saturated heterocycles. The van der Waals surface area contributed by atoms with Gasteiger partial charge in [0.2, 0.25) is 5.91 Å². The van der Waals surface area contributed by atoms with E-state index in [1.165, 1.54) is 4.90 Å². The molecular formula is C16H21F3N2O3S. The first-order valence-corrected chi connectivity index (χ1v) is 8.88. The summed E-state index contributed by atoms with van der Waals surface area (Å²) in [6, 6.07) is 1.66. The summed E-state index contributed by atoms with van der Waals surface area (Å²) in [5.74, 6) is -2.22. The Hall–Kier alpha value is -1.61. The number of nitrogens with zero attached hydrogens (tertiary/aromatic N) is 1. The number of piperidine rings is 1. The summed E-state index contributed by atoms with van der Waals surface area (Å²) in [7, 11) is 0. The van der Waals surface area contributed by atoms with Crippen molar-refractivity contribution in [3.05, 3.63) is 16.5 Å². The lowest BCUT2D eigenvalue weighted by Crippen LogP contribution is -2.44. The molecule has 0 spiro atoms. The Morgan fingerprint density at radius 2 is 2.16 bits per heavy atom. The Kier molecular flexibility index (Phi) is 6.45. The van der Waals surface area contributed by atoms with Gasteiger partial charge in [0.25, 0.3) is 0 Å². The zero-order valence-electron chi connectivity index (χ0n) is 14.1. The molecule has 0 saturated carbocycles. The fourth-order valence-corrected chi connectivity index (χ4v) is 3.77. The van der Waals surface area contributed by atoms with Crippen LogP contribution in [0.25, 0.3) is 0 Å². The van der Waals surface area contributed by atoms with Crippen LogP contribution < -0.4 is 5.32 Å². The lowest BCUT2D eigenvalue weighted by Gasteiger charge is -2.33. The summed E-state index contributed by atoms with van der Waals surface area (Å²) >= 11 is 1.10. The molecule has 0 bridgehead atoms. The molecule has 25 heavy (non-hydrogen) atoms. The van der Waals surface area contributed by atoms with Crippen LogP contribution in [0.3, 0.4) is 0 Å². The highest BCUT2D eigenvalue weighted by atomic mass is 32.1. The number of ether oxygens (including phenoxy) is 1. The van der Waals surface area contributed by atoms with Crippen molar-refractivity contribution >= 4 is 28.2 Å². The molecular weight excluding hydrogens is 357 g/mol. The monoisotopic (exact) mass is 378 g/mol. The van der Waals surface area contributed by atoms with Crippen LogP contribution in [0.1, 0.15) is 35.0 Å². The van der Waals surface area contributed by atoms with E-state index in [1.807, 2.05) is 0 Å². The van der Waals surface area contributed by atoms with Crippen molar-refractivity contribution in [1.82, 2.24) is 4.90 Å². The summed E-state index contributed by atoms with van der Waals surface area (Å²) in [4.78, 5) is 25.8. The predicted molar refractivity (Wildman–Crippen MR) is 88.9 cm³/mol. The molecule has 0 unspecified atom stereocenters. The van der Waals surface area contributed by atoms with Gasteiger partial charge in [-0.1, -0.05) is 0 Å². The highest BCUT2D eigenvalue weighted by Gasteiger charge is 2.41. The van der Waals surface area contributed by atoms with Gasteiger partial charge in [0.1, 0.15) is 4.88 Å². The van der Waals surface area contributed by atoms with Crippen LogP contribution in [0.15, 0.2) is 6.07 Å². The number of hydrogen-bond donors (Lipinski definition) is 1. The van der Waals surface area contributed by atoms with Crippen LogP contribution in [-0.4, -0.2) is 49.2 Å². The highest BCUT2D eigenvalue weighted by Crippen LogP contribution is 2.33. The number of aryl methyl sites for hydroxylation is 1. The average molecular weight is 378 g/mol. The third kappa shape index (κ3) is 5.43. The van der Waals surface area contributed by atoms with Crippen molar-refractivity contribution in [3.63, 3.8) is 0 Å². The van der Waals surface area contributed by atoms with Gasteiger partial charge in [0, 0.05) is 6.54 Å². The van der Waals surface area contributed by atoms with Gasteiger partial charge in [-0.25, -0.2) is 4.79 Å². The van der Waals surface area contributed by atoms with E-state index >= 15 is 0 Å². The lowest BCUT2D eigenvalue weighted by molar-refractivity contribution is -0.186. The van der Waals surface area contributed by atoms with Crippen molar-refractivity contribution in [2.24, 2.45) is 5.92 Å². The summed E-state index contributed by atoms with van der Waals surface area (Å²) in [5.41, 5.74) is 0.689.